The topological polar surface area (TPSA) is 67.3 Å². The first-order chi connectivity index (χ1) is 17.0. The molecule has 1 aliphatic heterocycles. The summed E-state index contributed by atoms with van der Waals surface area (Å²) in [6.45, 7) is 6.96. The summed E-state index contributed by atoms with van der Waals surface area (Å²) in [6, 6.07) is 14.3. The highest BCUT2D eigenvalue weighted by atomic mass is 19.4. The molecule has 0 spiro atoms. The molecule has 0 radical (unpaired) electrons. The number of benzene rings is 1. The van der Waals surface area contributed by atoms with E-state index in [1.165, 1.54) is 11.6 Å². The third kappa shape index (κ3) is 6.40. The molecule has 0 atom stereocenters. The van der Waals surface area contributed by atoms with Crippen LogP contribution in [0.15, 0.2) is 60.9 Å². The minimum atomic E-state index is -4.47. The van der Waals surface area contributed by atoms with Gasteiger partial charge in [-0.05, 0) is 74.9 Å². The molecule has 1 aliphatic rings. The van der Waals surface area contributed by atoms with Gasteiger partial charge in [0.25, 0.3) is 0 Å². The highest BCUT2D eigenvalue weighted by Crippen LogP contribution is 2.31. The average molecular weight is 499 g/mol. The van der Waals surface area contributed by atoms with E-state index in [1.54, 1.807) is 17.3 Å². The minimum absolute atomic E-state index is 0.212. The summed E-state index contributed by atoms with van der Waals surface area (Å²) in [4.78, 5) is 25.4. The smallest absolute Gasteiger partial charge is 0.367 e. The van der Waals surface area contributed by atoms with Gasteiger partial charge in [-0.2, -0.15) is 13.2 Å². The number of nitrogens with one attached hydrogen (secondary N) is 1. The predicted molar refractivity (Wildman–Crippen MR) is 131 cm³/mol. The normalized spacial score (nSPS) is 15.5. The standard InChI is InChI=1S/C27H29F3N4O2/c1-26(2,3)25(35)36-34-14-12-20(13-15-34)18-4-6-19(7-5-18)21-8-11-24(32-16-21)33-22-9-10-23(31-17-22)27(28,29)30/h4-11,16-17,20H,12-15H2,1-3H3,(H,32,33). The lowest BCUT2D eigenvalue weighted by atomic mass is 9.89. The third-order valence-corrected chi connectivity index (χ3v) is 6.08. The Kier molecular flexibility index (Phi) is 7.31. The average Bonchev–Trinajstić information content (AvgIpc) is 2.84. The van der Waals surface area contributed by atoms with Gasteiger partial charge >= 0.3 is 12.1 Å². The van der Waals surface area contributed by atoms with Crippen molar-refractivity contribution >= 4 is 17.5 Å². The van der Waals surface area contributed by atoms with E-state index in [4.69, 9.17) is 4.84 Å². The summed E-state index contributed by atoms with van der Waals surface area (Å²) in [5.74, 6) is 0.706. The Labute approximate surface area is 208 Å². The van der Waals surface area contributed by atoms with E-state index in [9.17, 15) is 18.0 Å². The quantitative estimate of drug-likeness (QED) is 0.428. The van der Waals surface area contributed by atoms with Gasteiger partial charge in [-0.3, -0.25) is 0 Å². The number of anilines is 2. The second kappa shape index (κ2) is 10.3. The summed E-state index contributed by atoms with van der Waals surface area (Å²) in [6.07, 6.45) is 0.217. The molecule has 3 aromatic rings. The van der Waals surface area contributed by atoms with Gasteiger partial charge in [0.1, 0.15) is 11.5 Å². The number of aromatic nitrogens is 2. The Bertz CT molecular complexity index is 1160. The fourth-order valence-corrected chi connectivity index (χ4v) is 3.90. The Morgan fingerprint density at radius 1 is 0.917 bits per heavy atom. The Morgan fingerprint density at radius 2 is 1.58 bits per heavy atom. The van der Waals surface area contributed by atoms with E-state index >= 15 is 0 Å². The molecule has 9 heteroatoms. The lowest BCUT2D eigenvalue weighted by molar-refractivity contribution is -0.204. The van der Waals surface area contributed by atoms with Crippen molar-refractivity contribution < 1.29 is 22.8 Å². The number of pyridine rings is 2. The monoisotopic (exact) mass is 498 g/mol. The number of carbonyl (C=O) groups excluding carboxylic acids is 1. The number of hydrogen-bond acceptors (Lipinski definition) is 6. The van der Waals surface area contributed by atoms with Crippen LogP contribution in [0.3, 0.4) is 0 Å². The minimum Gasteiger partial charge on any atom is -0.367 e. The van der Waals surface area contributed by atoms with E-state index in [0.717, 1.165) is 36.2 Å². The van der Waals surface area contributed by atoms with Gasteiger partial charge in [0, 0.05) is 24.8 Å². The van der Waals surface area contributed by atoms with Crippen molar-refractivity contribution in [1.29, 1.82) is 0 Å². The van der Waals surface area contributed by atoms with E-state index in [1.807, 2.05) is 26.8 Å². The number of halogens is 3. The number of hydrogen-bond donors (Lipinski definition) is 1. The molecule has 3 heterocycles. The Hall–Kier alpha value is -3.46. The van der Waals surface area contributed by atoms with Gasteiger partial charge < -0.3 is 10.2 Å². The lowest BCUT2D eigenvalue weighted by Gasteiger charge is -2.32. The third-order valence-electron chi connectivity index (χ3n) is 6.08. The summed E-state index contributed by atoms with van der Waals surface area (Å²) in [5.41, 5.74) is 2.17. The second-order valence-corrected chi connectivity index (χ2v) is 9.94. The van der Waals surface area contributed by atoms with E-state index in [0.29, 0.717) is 30.5 Å². The van der Waals surface area contributed by atoms with Crippen LogP contribution >= 0.6 is 0 Å². The molecule has 36 heavy (non-hydrogen) atoms. The fourth-order valence-electron chi connectivity index (χ4n) is 3.90. The molecule has 0 saturated carbocycles. The molecule has 1 N–H and O–H groups in total. The molecule has 0 unspecified atom stereocenters. The van der Waals surface area contributed by atoms with E-state index in [-0.39, 0.29) is 5.97 Å². The molecule has 6 nitrogen and oxygen atoms in total. The van der Waals surface area contributed by atoms with Gasteiger partial charge in [-0.1, -0.05) is 24.3 Å². The van der Waals surface area contributed by atoms with Gasteiger partial charge in [0.05, 0.1) is 17.3 Å². The SMILES string of the molecule is CC(C)(C)C(=O)ON1CCC(c2ccc(-c3ccc(Nc4ccc(C(F)(F)F)nc4)nc3)cc2)CC1. The van der Waals surface area contributed by atoms with E-state index in [2.05, 4.69) is 39.6 Å². The summed E-state index contributed by atoms with van der Waals surface area (Å²) >= 11 is 0. The molecule has 190 valence electrons. The van der Waals surface area contributed by atoms with E-state index < -0.39 is 17.3 Å². The van der Waals surface area contributed by atoms with Crippen molar-refractivity contribution in [3.63, 3.8) is 0 Å². The van der Waals surface area contributed by atoms with Crippen LogP contribution in [0.5, 0.6) is 0 Å². The predicted octanol–water partition coefficient (Wildman–Crippen LogP) is 6.59. The second-order valence-electron chi connectivity index (χ2n) is 9.94. The summed E-state index contributed by atoms with van der Waals surface area (Å²) < 4.78 is 38.0. The molecule has 4 rings (SSSR count). The zero-order valence-electron chi connectivity index (χ0n) is 20.5. The zero-order chi connectivity index (χ0) is 25.9. The van der Waals surface area contributed by atoms with Gasteiger partial charge in [0.15, 0.2) is 0 Å². The number of hydroxylamine groups is 2. The van der Waals surface area contributed by atoms with Crippen LogP contribution in [-0.4, -0.2) is 34.1 Å². The maximum absolute atomic E-state index is 12.7. The first-order valence-corrected chi connectivity index (χ1v) is 11.8. The molecular weight excluding hydrogens is 469 g/mol. The molecule has 2 aromatic heterocycles. The lowest BCUT2D eigenvalue weighted by Crippen LogP contribution is -2.38. The maximum Gasteiger partial charge on any atom is 0.433 e. The van der Waals surface area contributed by atoms with Crippen LogP contribution in [0, 0.1) is 5.41 Å². The van der Waals surface area contributed by atoms with Crippen molar-refractivity contribution in [2.45, 2.75) is 45.7 Å². The van der Waals surface area contributed by atoms with Crippen LogP contribution < -0.4 is 5.32 Å². The molecule has 0 amide bonds. The van der Waals surface area contributed by atoms with Crippen LogP contribution in [-0.2, 0) is 15.8 Å². The van der Waals surface area contributed by atoms with Gasteiger partial charge in [-0.15, -0.1) is 5.06 Å². The summed E-state index contributed by atoms with van der Waals surface area (Å²) in [7, 11) is 0. The van der Waals surface area contributed by atoms with Gasteiger partial charge in [0.2, 0.25) is 0 Å². The Morgan fingerprint density at radius 3 is 2.11 bits per heavy atom. The molecule has 0 aliphatic carbocycles. The van der Waals surface area contributed by atoms with Crippen molar-refractivity contribution in [3.05, 3.63) is 72.2 Å². The summed E-state index contributed by atoms with van der Waals surface area (Å²) in [5, 5.41) is 4.72. The maximum atomic E-state index is 12.7. The van der Waals surface area contributed by atoms with Crippen molar-refractivity contribution in [2.75, 3.05) is 18.4 Å². The number of carbonyl (C=O) groups is 1. The number of nitrogens with zero attached hydrogens (tertiary/aromatic N) is 3. The molecule has 1 fully saturated rings. The number of rotatable bonds is 5. The highest BCUT2D eigenvalue weighted by molar-refractivity contribution is 5.75. The first-order valence-electron chi connectivity index (χ1n) is 11.8. The molecular formula is C27H29F3N4O2. The number of piperidine rings is 1. The van der Waals surface area contributed by atoms with Crippen molar-refractivity contribution in [1.82, 2.24) is 15.0 Å². The molecule has 1 aromatic carbocycles. The molecule has 1 saturated heterocycles. The van der Waals surface area contributed by atoms with Crippen LogP contribution in [0.25, 0.3) is 11.1 Å². The van der Waals surface area contributed by atoms with Crippen LogP contribution in [0.4, 0.5) is 24.7 Å². The van der Waals surface area contributed by atoms with Crippen LogP contribution in [0.2, 0.25) is 0 Å². The molecule has 0 bridgehead atoms. The fraction of sp³-hybridized carbons (Fsp3) is 0.370. The largest absolute Gasteiger partial charge is 0.433 e. The highest BCUT2D eigenvalue weighted by Gasteiger charge is 2.32. The Balaban J connectivity index is 1.32. The first kappa shape index (κ1) is 25.6. The zero-order valence-corrected chi connectivity index (χ0v) is 20.5. The number of alkyl halides is 3. The van der Waals surface area contributed by atoms with Crippen molar-refractivity contribution in [2.24, 2.45) is 5.41 Å². The van der Waals surface area contributed by atoms with Crippen molar-refractivity contribution in [3.8, 4) is 11.1 Å². The van der Waals surface area contributed by atoms with Crippen LogP contribution in [0.1, 0.15) is 50.8 Å². The van der Waals surface area contributed by atoms with Gasteiger partial charge in [-0.25, -0.2) is 14.8 Å².